The van der Waals surface area contributed by atoms with E-state index in [9.17, 15) is 4.79 Å². The fraction of sp³-hybridized carbons (Fsp3) is 0.190. The molecule has 0 bridgehead atoms. The van der Waals surface area contributed by atoms with Gasteiger partial charge in [-0.15, -0.1) is 0 Å². The van der Waals surface area contributed by atoms with Crippen LogP contribution in [0.2, 0.25) is 0 Å². The van der Waals surface area contributed by atoms with Gasteiger partial charge in [-0.2, -0.15) is 0 Å². The topological polar surface area (TPSA) is 58.1 Å². The van der Waals surface area contributed by atoms with Gasteiger partial charge in [-0.3, -0.25) is 9.97 Å². The Hall–Kier alpha value is -3.21. The molecule has 2 heterocycles. The first kappa shape index (κ1) is 17.6. The van der Waals surface area contributed by atoms with Crippen molar-refractivity contribution in [2.24, 2.45) is 0 Å². The van der Waals surface area contributed by atoms with Crippen LogP contribution in [0.15, 0.2) is 67.0 Å². The van der Waals surface area contributed by atoms with E-state index in [1.165, 1.54) is 0 Å². The first-order valence-corrected chi connectivity index (χ1v) is 8.55. The number of hydrogen-bond acceptors (Lipinski definition) is 3. The lowest BCUT2D eigenvalue weighted by Gasteiger charge is -2.23. The SMILES string of the molecule is Cc1cccc(C)c1NC(=O)N(Cc1ccccn1)Cc1ccccn1. The van der Waals surface area contributed by atoms with Crippen LogP contribution in [0.1, 0.15) is 22.5 Å². The highest BCUT2D eigenvalue weighted by Gasteiger charge is 2.17. The normalized spacial score (nSPS) is 10.4. The third-order valence-electron chi connectivity index (χ3n) is 4.16. The molecule has 0 radical (unpaired) electrons. The van der Waals surface area contributed by atoms with Crippen molar-refractivity contribution < 1.29 is 4.79 Å². The van der Waals surface area contributed by atoms with Gasteiger partial charge >= 0.3 is 6.03 Å². The summed E-state index contributed by atoms with van der Waals surface area (Å²) in [5.74, 6) is 0. The number of anilines is 1. The van der Waals surface area contributed by atoms with Gasteiger partial charge < -0.3 is 10.2 Å². The molecule has 26 heavy (non-hydrogen) atoms. The maximum Gasteiger partial charge on any atom is 0.322 e. The van der Waals surface area contributed by atoms with Crippen molar-refractivity contribution in [1.82, 2.24) is 14.9 Å². The van der Waals surface area contributed by atoms with Crippen LogP contribution in [0, 0.1) is 13.8 Å². The van der Waals surface area contributed by atoms with E-state index in [0.717, 1.165) is 28.2 Å². The standard InChI is InChI=1S/C21H22N4O/c1-16-8-7-9-17(2)20(16)24-21(26)25(14-18-10-3-5-12-22-18)15-19-11-4-6-13-23-19/h3-13H,14-15H2,1-2H3,(H,24,26). The summed E-state index contributed by atoms with van der Waals surface area (Å²) in [6.07, 6.45) is 3.47. The Labute approximate surface area is 153 Å². The van der Waals surface area contributed by atoms with E-state index in [4.69, 9.17) is 0 Å². The maximum absolute atomic E-state index is 13.0. The van der Waals surface area contributed by atoms with Crippen LogP contribution in [0.4, 0.5) is 10.5 Å². The first-order valence-electron chi connectivity index (χ1n) is 8.55. The zero-order valence-corrected chi connectivity index (χ0v) is 15.0. The summed E-state index contributed by atoms with van der Waals surface area (Å²) in [6.45, 7) is 4.80. The molecule has 0 aliphatic carbocycles. The monoisotopic (exact) mass is 346 g/mol. The molecule has 0 aliphatic rings. The van der Waals surface area contributed by atoms with E-state index in [1.54, 1.807) is 17.3 Å². The Morgan fingerprint density at radius 1 is 0.846 bits per heavy atom. The van der Waals surface area contributed by atoms with E-state index in [0.29, 0.717) is 13.1 Å². The molecule has 132 valence electrons. The van der Waals surface area contributed by atoms with Crippen molar-refractivity contribution in [1.29, 1.82) is 0 Å². The summed E-state index contributed by atoms with van der Waals surface area (Å²) < 4.78 is 0. The average molecular weight is 346 g/mol. The summed E-state index contributed by atoms with van der Waals surface area (Å²) in [5, 5.41) is 3.05. The minimum Gasteiger partial charge on any atom is -0.313 e. The zero-order valence-electron chi connectivity index (χ0n) is 15.0. The third-order valence-corrected chi connectivity index (χ3v) is 4.16. The molecule has 0 saturated carbocycles. The molecular weight excluding hydrogens is 324 g/mol. The lowest BCUT2D eigenvalue weighted by Crippen LogP contribution is -2.35. The first-order chi connectivity index (χ1) is 12.6. The van der Waals surface area contributed by atoms with Gasteiger partial charge in [0.25, 0.3) is 0 Å². The van der Waals surface area contributed by atoms with Crippen LogP contribution < -0.4 is 5.32 Å². The number of carbonyl (C=O) groups excluding carboxylic acids is 1. The molecular formula is C21H22N4O. The second-order valence-electron chi connectivity index (χ2n) is 6.20. The number of nitrogens with zero attached hydrogens (tertiary/aromatic N) is 3. The number of carbonyl (C=O) groups is 1. The van der Waals surface area contributed by atoms with Crippen LogP contribution >= 0.6 is 0 Å². The Morgan fingerprint density at radius 3 is 1.85 bits per heavy atom. The van der Waals surface area contributed by atoms with Gasteiger partial charge in [-0.25, -0.2) is 4.79 Å². The molecule has 1 N–H and O–H groups in total. The van der Waals surface area contributed by atoms with Gasteiger partial charge in [0.1, 0.15) is 0 Å². The lowest BCUT2D eigenvalue weighted by atomic mass is 10.1. The molecule has 0 aliphatic heterocycles. The summed E-state index contributed by atoms with van der Waals surface area (Å²) in [4.78, 5) is 23.4. The second-order valence-corrected chi connectivity index (χ2v) is 6.20. The largest absolute Gasteiger partial charge is 0.322 e. The van der Waals surface area contributed by atoms with Crippen LogP contribution in [-0.2, 0) is 13.1 Å². The Kier molecular flexibility index (Phi) is 5.59. The number of benzene rings is 1. The Morgan fingerprint density at radius 2 is 1.38 bits per heavy atom. The highest BCUT2D eigenvalue weighted by Crippen LogP contribution is 2.20. The summed E-state index contributed by atoms with van der Waals surface area (Å²) in [6, 6.07) is 17.2. The number of pyridine rings is 2. The highest BCUT2D eigenvalue weighted by atomic mass is 16.2. The van der Waals surface area contributed by atoms with Gasteiger partial charge in [-0.1, -0.05) is 30.3 Å². The van der Waals surface area contributed by atoms with Crippen molar-refractivity contribution in [3.63, 3.8) is 0 Å². The van der Waals surface area contributed by atoms with Crippen LogP contribution in [0.5, 0.6) is 0 Å². The summed E-state index contributed by atoms with van der Waals surface area (Å²) in [7, 11) is 0. The average Bonchev–Trinajstić information content (AvgIpc) is 2.66. The van der Waals surface area contributed by atoms with E-state index in [-0.39, 0.29) is 6.03 Å². The molecule has 3 aromatic rings. The van der Waals surface area contributed by atoms with Crippen molar-refractivity contribution in [3.05, 3.63) is 89.5 Å². The predicted octanol–water partition coefficient (Wildman–Crippen LogP) is 4.33. The Balaban J connectivity index is 1.83. The van der Waals surface area contributed by atoms with Gasteiger partial charge in [-0.05, 0) is 49.2 Å². The number of aromatic nitrogens is 2. The van der Waals surface area contributed by atoms with E-state index in [2.05, 4.69) is 15.3 Å². The summed E-state index contributed by atoms with van der Waals surface area (Å²) in [5.41, 5.74) is 4.59. The van der Waals surface area contributed by atoms with Gasteiger partial charge in [0.2, 0.25) is 0 Å². The third kappa shape index (κ3) is 4.45. The van der Waals surface area contributed by atoms with E-state index < -0.39 is 0 Å². The number of nitrogens with one attached hydrogen (secondary N) is 1. The molecule has 1 aromatic carbocycles. The number of hydrogen-bond donors (Lipinski definition) is 1. The van der Waals surface area contributed by atoms with Crippen molar-refractivity contribution in [3.8, 4) is 0 Å². The maximum atomic E-state index is 13.0. The Bertz CT molecular complexity index is 804. The fourth-order valence-electron chi connectivity index (χ4n) is 2.77. The van der Waals surface area contributed by atoms with Crippen molar-refractivity contribution in [2.75, 3.05) is 5.32 Å². The fourth-order valence-corrected chi connectivity index (χ4v) is 2.77. The molecule has 5 nitrogen and oxygen atoms in total. The minimum absolute atomic E-state index is 0.168. The number of amides is 2. The molecule has 0 fully saturated rings. The second kappa shape index (κ2) is 8.25. The molecule has 0 unspecified atom stereocenters. The predicted molar refractivity (Wildman–Crippen MR) is 103 cm³/mol. The molecule has 0 saturated heterocycles. The smallest absolute Gasteiger partial charge is 0.313 e. The zero-order chi connectivity index (χ0) is 18.4. The summed E-state index contributed by atoms with van der Waals surface area (Å²) >= 11 is 0. The molecule has 0 atom stereocenters. The number of para-hydroxylation sites is 1. The lowest BCUT2D eigenvalue weighted by molar-refractivity contribution is 0.205. The van der Waals surface area contributed by atoms with E-state index in [1.807, 2.05) is 68.4 Å². The quantitative estimate of drug-likeness (QED) is 0.748. The molecule has 2 aromatic heterocycles. The number of rotatable bonds is 5. The van der Waals surface area contributed by atoms with Crippen molar-refractivity contribution in [2.45, 2.75) is 26.9 Å². The van der Waals surface area contributed by atoms with Gasteiger partial charge in [0.15, 0.2) is 0 Å². The minimum atomic E-state index is -0.168. The van der Waals surface area contributed by atoms with Crippen LogP contribution in [0.3, 0.4) is 0 Å². The van der Waals surface area contributed by atoms with Crippen LogP contribution in [-0.4, -0.2) is 20.9 Å². The highest BCUT2D eigenvalue weighted by molar-refractivity contribution is 5.91. The van der Waals surface area contributed by atoms with Gasteiger partial charge in [0, 0.05) is 18.1 Å². The molecule has 3 rings (SSSR count). The van der Waals surface area contributed by atoms with E-state index >= 15 is 0 Å². The molecule has 5 heteroatoms. The van der Waals surface area contributed by atoms with Crippen LogP contribution in [0.25, 0.3) is 0 Å². The van der Waals surface area contributed by atoms with Gasteiger partial charge in [0.05, 0.1) is 24.5 Å². The molecule has 2 amide bonds. The van der Waals surface area contributed by atoms with Crippen molar-refractivity contribution >= 4 is 11.7 Å². The number of aryl methyl sites for hydroxylation is 2. The number of urea groups is 1. The molecule has 0 spiro atoms.